The van der Waals surface area contributed by atoms with Crippen molar-refractivity contribution in [3.8, 4) is 0 Å². The lowest BCUT2D eigenvalue weighted by Gasteiger charge is -2.24. The van der Waals surface area contributed by atoms with Gasteiger partial charge in [-0.3, -0.25) is 4.79 Å². The smallest absolute Gasteiger partial charge is 0.326 e. The number of amides is 1. The van der Waals surface area contributed by atoms with Crippen LogP contribution in [0.2, 0.25) is 0 Å². The summed E-state index contributed by atoms with van der Waals surface area (Å²) in [5, 5.41) is 9.11. The number of carboxylic acids is 1. The maximum absolute atomic E-state index is 11.4. The van der Waals surface area contributed by atoms with Crippen molar-refractivity contribution < 1.29 is 14.7 Å². The van der Waals surface area contributed by atoms with Crippen molar-refractivity contribution in [3.05, 3.63) is 35.9 Å². The number of likely N-dealkylation sites (N-methyl/N-ethyl adjacent to an activating group) is 1. The standard InChI is InChI=1S/C12H14ClNO3/c1-14(11(15)8-13)10(12(16)17)7-9-5-3-2-4-6-9/h2-6,10H,7-8H2,1H3,(H,16,17)/t10-/m0/s1. The Morgan fingerprint density at radius 3 is 2.41 bits per heavy atom. The number of hydrogen-bond acceptors (Lipinski definition) is 2. The minimum atomic E-state index is -1.03. The first kappa shape index (κ1) is 13.5. The molecule has 0 radical (unpaired) electrons. The maximum atomic E-state index is 11.4. The fourth-order valence-corrected chi connectivity index (χ4v) is 1.68. The van der Waals surface area contributed by atoms with Crippen LogP contribution in [0, 0.1) is 0 Å². The molecule has 1 aromatic rings. The van der Waals surface area contributed by atoms with Gasteiger partial charge in [0.25, 0.3) is 0 Å². The van der Waals surface area contributed by atoms with Gasteiger partial charge in [0, 0.05) is 13.5 Å². The van der Waals surface area contributed by atoms with Crippen LogP contribution in [0.15, 0.2) is 30.3 Å². The van der Waals surface area contributed by atoms with Crippen LogP contribution in [0.4, 0.5) is 0 Å². The van der Waals surface area contributed by atoms with Gasteiger partial charge in [0.2, 0.25) is 5.91 Å². The van der Waals surface area contributed by atoms with E-state index in [1.807, 2.05) is 30.3 Å². The molecular weight excluding hydrogens is 242 g/mol. The summed E-state index contributed by atoms with van der Waals surface area (Å²) in [4.78, 5) is 23.7. The van der Waals surface area contributed by atoms with E-state index in [1.54, 1.807) is 0 Å². The predicted octanol–water partition coefficient (Wildman–Crippen LogP) is 1.38. The molecular formula is C12H14ClNO3. The lowest BCUT2D eigenvalue weighted by molar-refractivity contribution is -0.148. The number of hydrogen-bond donors (Lipinski definition) is 1. The molecule has 1 amide bonds. The van der Waals surface area contributed by atoms with Gasteiger partial charge in [0.05, 0.1) is 0 Å². The second kappa shape index (κ2) is 6.25. The predicted molar refractivity (Wildman–Crippen MR) is 65.1 cm³/mol. The van der Waals surface area contributed by atoms with Crippen molar-refractivity contribution in [2.75, 3.05) is 12.9 Å². The number of aliphatic carboxylic acids is 1. The molecule has 0 aliphatic rings. The highest BCUT2D eigenvalue weighted by molar-refractivity contribution is 6.27. The van der Waals surface area contributed by atoms with Crippen LogP contribution in [-0.4, -0.2) is 40.9 Å². The molecule has 1 rings (SSSR count). The number of carbonyl (C=O) groups is 2. The van der Waals surface area contributed by atoms with Gasteiger partial charge in [-0.25, -0.2) is 4.79 Å². The molecule has 17 heavy (non-hydrogen) atoms. The molecule has 0 saturated heterocycles. The van der Waals surface area contributed by atoms with Crippen molar-refractivity contribution in [1.82, 2.24) is 4.90 Å². The highest BCUT2D eigenvalue weighted by Crippen LogP contribution is 2.09. The molecule has 0 aromatic heterocycles. The highest BCUT2D eigenvalue weighted by atomic mass is 35.5. The van der Waals surface area contributed by atoms with Crippen LogP contribution in [0.1, 0.15) is 5.56 Å². The van der Waals surface area contributed by atoms with Gasteiger partial charge in [0.1, 0.15) is 11.9 Å². The van der Waals surface area contributed by atoms with Crippen molar-refractivity contribution in [2.45, 2.75) is 12.5 Å². The summed E-state index contributed by atoms with van der Waals surface area (Å²) < 4.78 is 0. The molecule has 5 heteroatoms. The summed E-state index contributed by atoms with van der Waals surface area (Å²) in [6.07, 6.45) is 0.273. The SMILES string of the molecule is CN(C(=O)CCl)[C@@H](Cc1ccccc1)C(=O)O. The number of nitrogens with zero attached hydrogens (tertiary/aromatic N) is 1. The van der Waals surface area contributed by atoms with E-state index in [4.69, 9.17) is 16.7 Å². The summed E-state index contributed by atoms with van der Waals surface area (Å²) in [7, 11) is 1.45. The molecule has 1 atom stereocenters. The van der Waals surface area contributed by atoms with E-state index in [1.165, 1.54) is 11.9 Å². The third kappa shape index (κ3) is 3.75. The maximum Gasteiger partial charge on any atom is 0.326 e. The molecule has 0 heterocycles. The van der Waals surface area contributed by atoms with Gasteiger partial charge in [-0.05, 0) is 5.56 Å². The summed E-state index contributed by atoms with van der Waals surface area (Å²) >= 11 is 5.41. The Kier molecular flexibility index (Phi) is 4.97. The molecule has 0 spiro atoms. The van der Waals surface area contributed by atoms with Crippen molar-refractivity contribution >= 4 is 23.5 Å². The Labute approximate surface area is 105 Å². The minimum absolute atomic E-state index is 0.213. The lowest BCUT2D eigenvalue weighted by atomic mass is 10.1. The number of benzene rings is 1. The number of alkyl halides is 1. The topological polar surface area (TPSA) is 57.6 Å². The molecule has 92 valence electrons. The summed E-state index contributed by atoms with van der Waals surface area (Å²) in [6, 6.07) is 8.29. The van der Waals surface area contributed by atoms with Gasteiger partial charge in [0.15, 0.2) is 0 Å². The summed E-state index contributed by atoms with van der Waals surface area (Å²) in [6.45, 7) is 0. The van der Waals surface area contributed by atoms with E-state index in [2.05, 4.69) is 0 Å². The normalized spacial score (nSPS) is 11.9. The Morgan fingerprint density at radius 1 is 1.35 bits per heavy atom. The van der Waals surface area contributed by atoms with Gasteiger partial charge in [-0.15, -0.1) is 11.6 Å². The minimum Gasteiger partial charge on any atom is -0.480 e. The van der Waals surface area contributed by atoms with Crippen molar-refractivity contribution in [2.24, 2.45) is 0 Å². The fraction of sp³-hybridized carbons (Fsp3) is 0.333. The van der Waals surface area contributed by atoms with Crippen LogP contribution in [0.5, 0.6) is 0 Å². The average Bonchev–Trinajstić information content (AvgIpc) is 2.35. The average molecular weight is 256 g/mol. The van der Waals surface area contributed by atoms with Crippen molar-refractivity contribution in [3.63, 3.8) is 0 Å². The number of rotatable bonds is 5. The van der Waals surface area contributed by atoms with Gasteiger partial charge in [-0.2, -0.15) is 0 Å². The summed E-state index contributed by atoms with van der Waals surface area (Å²) in [5.41, 5.74) is 0.870. The Hall–Kier alpha value is -1.55. The largest absolute Gasteiger partial charge is 0.480 e. The zero-order chi connectivity index (χ0) is 12.8. The van der Waals surface area contributed by atoms with Gasteiger partial charge in [-0.1, -0.05) is 30.3 Å². The fourth-order valence-electron chi connectivity index (χ4n) is 1.50. The molecule has 0 fully saturated rings. The Morgan fingerprint density at radius 2 is 1.94 bits per heavy atom. The third-order valence-electron chi connectivity index (χ3n) is 2.53. The Balaban J connectivity index is 2.81. The van der Waals surface area contributed by atoms with Crippen LogP contribution in [0.3, 0.4) is 0 Å². The molecule has 0 aliphatic carbocycles. The first-order valence-electron chi connectivity index (χ1n) is 5.14. The number of halogens is 1. The molecule has 0 saturated carbocycles. The van der Waals surface area contributed by atoms with Gasteiger partial charge < -0.3 is 10.0 Å². The third-order valence-corrected chi connectivity index (χ3v) is 2.76. The van der Waals surface area contributed by atoms with E-state index < -0.39 is 17.9 Å². The number of carbonyl (C=O) groups excluding carboxylic acids is 1. The molecule has 0 bridgehead atoms. The Bertz CT molecular complexity index is 394. The zero-order valence-electron chi connectivity index (χ0n) is 9.47. The quantitative estimate of drug-likeness (QED) is 0.809. The molecule has 0 unspecified atom stereocenters. The van der Waals surface area contributed by atoms with E-state index in [-0.39, 0.29) is 12.3 Å². The molecule has 1 N–H and O–H groups in total. The summed E-state index contributed by atoms with van der Waals surface area (Å²) in [5.74, 6) is -1.64. The monoisotopic (exact) mass is 255 g/mol. The first-order valence-corrected chi connectivity index (χ1v) is 5.68. The van der Waals surface area contributed by atoms with E-state index >= 15 is 0 Å². The lowest BCUT2D eigenvalue weighted by Crippen LogP contribution is -2.44. The van der Waals surface area contributed by atoms with Crippen LogP contribution < -0.4 is 0 Å². The van der Waals surface area contributed by atoms with E-state index in [9.17, 15) is 9.59 Å². The first-order chi connectivity index (χ1) is 8.06. The highest BCUT2D eigenvalue weighted by Gasteiger charge is 2.26. The molecule has 1 aromatic carbocycles. The van der Waals surface area contributed by atoms with Crippen LogP contribution >= 0.6 is 11.6 Å². The molecule has 4 nitrogen and oxygen atoms in total. The molecule has 0 aliphatic heterocycles. The van der Waals surface area contributed by atoms with Crippen LogP contribution in [-0.2, 0) is 16.0 Å². The second-order valence-electron chi connectivity index (χ2n) is 3.68. The van der Waals surface area contributed by atoms with E-state index in [0.29, 0.717) is 0 Å². The van der Waals surface area contributed by atoms with Crippen LogP contribution in [0.25, 0.3) is 0 Å². The van der Waals surface area contributed by atoms with Gasteiger partial charge >= 0.3 is 5.97 Å². The second-order valence-corrected chi connectivity index (χ2v) is 3.95. The van der Waals surface area contributed by atoms with Crippen molar-refractivity contribution in [1.29, 1.82) is 0 Å². The van der Waals surface area contributed by atoms with E-state index in [0.717, 1.165) is 5.56 Å². The number of carboxylic acid groups (broad SMARTS) is 1. The zero-order valence-corrected chi connectivity index (χ0v) is 10.2.